The summed E-state index contributed by atoms with van der Waals surface area (Å²) in [6.45, 7) is 3.27. The second-order valence-electron chi connectivity index (χ2n) is 8.62. The number of carbonyl (C=O) groups excluding carboxylic acids is 2. The van der Waals surface area contributed by atoms with Crippen LogP contribution in [0.25, 0.3) is 0 Å². The normalized spacial score (nSPS) is 17.8. The minimum absolute atomic E-state index is 0.165. The summed E-state index contributed by atoms with van der Waals surface area (Å²) in [5.74, 6) is -0.878. The molecular weight excluding hydrogens is 454 g/mol. The van der Waals surface area contributed by atoms with Crippen molar-refractivity contribution in [3.05, 3.63) is 60.2 Å². The van der Waals surface area contributed by atoms with Gasteiger partial charge in [-0.25, -0.2) is 13.2 Å². The predicted octanol–water partition coefficient (Wildman–Crippen LogP) is 2.76. The number of anilines is 1. The van der Waals surface area contributed by atoms with Gasteiger partial charge in [0.1, 0.15) is 0 Å². The molecule has 9 heteroatoms. The standard InChI is InChI=1S/C25H31N3O5S/c29-24(27-18-16-26(17-19-27)22-8-4-3-5-9-22)20-33-25(30)21-10-12-23(13-11-21)34(31,32)28-14-6-1-2-7-15-28/h3-5,8-13H,1-2,6-7,14-20H2. The number of carbonyl (C=O) groups is 2. The Kier molecular flexibility index (Phi) is 7.84. The number of benzene rings is 2. The van der Waals surface area contributed by atoms with Gasteiger partial charge in [-0.1, -0.05) is 31.0 Å². The molecule has 0 saturated carbocycles. The van der Waals surface area contributed by atoms with Gasteiger partial charge < -0.3 is 14.5 Å². The van der Waals surface area contributed by atoms with Crippen molar-refractivity contribution in [1.82, 2.24) is 9.21 Å². The number of amides is 1. The van der Waals surface area contributed by atoms with Crippen LogP contribution in [0.3, 0.4) is 0 Å². The van der Waals surface area contributed by atoms with Crippen molar-refractivity contribution in [1.29, 1.82) is 0 Å². The van der Waals surface area contributed by atoms with Gasteiger partial charge in [-0.2, -0.15) is 4.31 Å². The van der Waals surface area contributed by atoms with Gasteiger partial charge in [0, 0.05) is 45.0 Å². The van der Waals surface area contributed by atoms with E-state index in [1.165, 1.54) is 28.6 Å². The van der Waals surface area contributed by atoms with Gasteiger partial charge >= 0.3 is 5.97 Å². The molecule has 1 amide bonds. The summed E-state index contributed by atoms with van der Waals surface area (Å²) in [5.41, 5.74) is 1.35. The minimum atomic E-state index is -3.58. The average Bonchev–Trinajstić information content (AvgIpc) is 3.18. The summed E-state index contributed by atoms with van der Waals surface area (Å²) < 4.78 is 32.5. The average molecular weight is 486 g/mol. The molecule has 182 valence electrons. The fraction of sp³-hybridized carbons (Fsp3) is 0.440. The molecule has 4 rings (SSSR count). The Balaban J connectivity index is 1.27. The molecule has 0 unspecified atom stereocenters. The summed E-state index contributed by atoms with van der Waals surface area (Å²) in [4.78, 5) is 29.0. The van der Waals surface area contributed by atoms with Crippen molar-refractivity contribution in [2.45, 2.75) is 30.6 Å². The van der Waals surface area contributed by atoms with E-state index in [2.05, 4.69) is 4.90 Å². The van der Waals surface area contributed by atoms with E-state index < -0.39 is 16.0 Å². The number of esters is 1. The highest BCUT2D eigenvalue weighted by atomic mass is 32.2. The van der Waals surface area contributed by atoms with Crippen LogP contribution < -0.4 is 4.90 Å². The van der Waals surface area contributed by atoms with Crippen molar-refractivity contribution in [2.24, 2.45) is 0 Å². The van der Waals surface area contributed by atoms with Crippen LogP contribution in [0.1, 0.15) is 36.0 Å². The monoisotopic (exact) mass is 485 g/mol. The molecule has 8 nitrogen and oxygen atoms in total. The maximum atomic E-state index is 12.9. The minimum Gasteiger partial charge on any atom is -0.452 e. The van der Waals surface area contributed by atoms with Crippen molar-refractivity contribution >= 4 is 27.6 Å². The van der Waals surface area contributed by atoms with Crippen molar-refractivity contribution in [3.8, 4) is 0 Å². The Morgan fingerprint density at radius 3 is 2.00 bits per heavy atom. The van der Waals surface area contributed by atoms with E-state index in [0.717, 1.165) is 44.5 Å². The molecule has 0 aromatic heterocycles. The van der Waals surface area contributed by atoms with Crippen LogP contribution in [0.5, 0.6) is 0 Å². The van der Waals surface area contributed by atoms with E-state index in [-0.39, 0.29) is 23.0 Å². The molecule has 0 N–H and O–H groups in total. The number of hydrogen-bond donors (Lipinski definition) is 0. The highest BCUT2D eigenvalue weighted by Gasteiger charge is 2.26. The summed E-state index contributed by atoms with van der Waals surface area (Å²) >= 11 is 0. The molecule has 2 fully saturated rings. The lowest BCUT2D eigenvalue weighted by atomic mass is 10.2. The van der Waals surface area contributed by atoms with Crippen LogP contribution in [0.2, 0.25) is 0 Å². The molecule has 34 heavy (non-hydrogen) atoms. The molecule has 2 aromatic rings. The molecule has 2 aromatic carbocycles. The number of piperazine rings is 1. The molecule has 2 heterocycles. The maximum Gasteiger partial charge on any atom is 0.338 e. The lowest BCUT2D eigenvalue weighted by Gasteiger charge is -2.36. The largest absolute Gasteiger partial charge is 0.452 e. The van der Waals surface area contributed by atoms with E-state index in [4.69, 9.17) is 4.74 Å². The van der Waals surface area contributed by atoms with E-state index in [1.807, 2.05) is 30.3 Å². The van der Waals surface area contributed by atoms with Gasteiger partial charge in [0.15, 0.2) is 6.61 Å². The van der Waals surface area contributed by atoms with Gasteiger partial charge in [-0.05, 0) is 49.2 Å². The van der Waals surface area contributed by atoms with Crippen molar-refractivity contribution in [3.63, 3.8) is 0 Å². The fourth-order valence-corrected chi connectivity index (χ4v) is 5.87. The summed E-state index contributed by atoms with van der Waals surface area (Å²) in [5, 5.41) is 0. The first kappa shape index (κ1) is 24.2. The molecule has 2 aliphatic rings. The zero-order valence-corrected chi connectivity index (χ0v) is 20.1. The molecule has 0 radical (unpaired) electrons. The van der Waals surface area contributed by atoms with E-state index in [9.17, 15) is 18.0 Å². The molecule has 0 spiro atoms. The maximum absolute atomic E-state index is 12.9. The highest BCUT2D eigenvalue weighted by Crippen LogP contribution is 2.21. The third kappa shape index (κ3) is 5.77. The Hall–Kier alpha value is -2.91. The molecule has 2 saturated heterocycles. The van der Waals surface area contributed by atoms with E-state index >= 15 is 0 Å². The van der Waals surface area contributed by atoms with Crippen LogP contribution in [-0.4, -0.2) is 75.4 Å². The molecule has 0 aliphatic carbocycles. The van der Waals surface area contributed by atoms with Gasteiger partial charge in [0.25, 0.3) is 5.91 Å². The Bertz CT molecular complexity index is 1070. The zero-order chi connectivity index (χ0) is 24.0. The van der Waals surface area contributed by atoms with Gasteiger partial charge in [-0.3, -0.25) is 4.79 Å². The molecule has 0 atom stereocenters. The number of nitrogens with zero attached hydrogens (tertiary/aromatic N) is 3. The van der Waals surface area contributed by atoms with Gasteiger partial charge in [0.05, 0.1) is 10.5 Å². The van der Waals surface area contributed by atoms with Crippen LogP contribution in [0.15, 0.2) is 59.5 Å². The lowest BCUT2D eigenvalue weighted by molar-refractivity contribution is -0.134. The number of sulfonamides is 1. The third-order valence-corrected chi connectivity index (χ3v) is 8.29. The number of para-hydroxylation sites is 1. The molecule has 2 aliphatic heterocycles. The van der Waals surface area contributed by atoms with Crippen LogP contribution >= 0.6 is 0 Å². The first-order valence-electron chi connectivity index (χ1n) is 11.8. The first-order chi connectivity index (χ1) is 16.4. The Morgan fingerprint density at radius 1 is 0.765 bits per heavy atom. The number of hydrogen-bond acceptors (Lipinski definition) is 6. The van der Waals surface area contributed by atoms with E-state index in [1.54, 1.807) is 4.90 Å². The Morgan fingerprint density at radius 2 is 1.38 bits per heavy atom. The Labute approximate surface area is 201 Å². The second-order valence-corrected chi connectivity index (χ2v) is 10.6. The fourth-order valence-electron chi connectivity index (χ4n) is 4.35. The van der Waals surface area contributed by atoms with Gasteiger partial charge in [-0.15, -0.1) is 0 Å². The highest BCUT2D eigenvalue weighted by molar-refractivity contribution is 7.89. The first-order valence-corrected chi connectivity index (χ1v) is 13.2. The number of ether oxygens (including phenoxy) is 1. The summed E-state index contributed by atoms with van der Waals surface area (Å²) in [6, 6.07) is 15.8. The predicted molar refractivity (Wildman–Crippen MR) is 129 cm³/mol. The topological polar surface area (TPSA) is 87.2 Å². The van der Waals surface area contributed by atoms with Crippen LogP contribution in [0.4, 0.5) is 5.69 Å². The lowest BCUT2D eigenvalue weighted by Crippen LogP contribution is -2.49. The van der Waals surface area contributed by atoms with Crippen LogP contribution in [0, 0.1) is 0 Å². The number of rotatable bonds is 6. The smallest absolute Gasteiger partial charge is 0.338 e. The molecule has 0 bridgehead atoms. The summed E-state index contributed by atoms with van der Waals surface area (Å²) in [7, 11) is -3.58. The zero-order valence-electron chi connectivity index (χ0n) is 19.3. The van der Waals surface area contributed by atoms with Gasteiger partial charge in [0.2, 0.25) is 10.0 Å². The quantitative estimate of drug-likeness (QED) is 0.585. The summed E-state index contributed by atoms with van der Waals surface area (Å²) in [6.07, 6.45) is 3.80. The molecular formula is C25H31N3O5S. The van der Waals surface area contributed by atoms with Crippen molar-refractivity contribution < 1.29 is 22.7 Å². The van der Waals surface area contributed by atoms with Crippen molar-refractivity contribution in [2.75, 3.05) is 50.8 Å². The van der Waals surface area contributed by atoms with Crippen LogP contribution in [-0.2, 0) is 19.6 Å². The second kappa shape index (κ2) is 11.0. The SMILES string of the molecule is O=C(OCC(=O)N1CCN(c2ccccc2)CC1)c1ccc(S(=O)(=O)N2CCCCCC2)cc1. The van der Waals surface area contributed by atoms with E-state index in [0.29, 0.717) is 26.2 Å². The third-order valence-electron chi connectivity index (χ3n) is 6.37.